The fourth-order valence-corrected chi connectivity index (χ4v) is 1.47. The van der Waals surface area contributed by atoms with Crippen molar-refractivity contribution in [1.82, 2.24) is 0 Å². The molecule has 0 aliphatic heterocycles. The molecule has 0 saturated heterocycles. The summed E-state index contributed by atoms with van der Waals surface area (Å²) in [5, 5.41) is 0.870. The molecule has 70 valence electrons. The lowest BCUT2D eigenvalue weighted by atomic mass is 10.1. The minimum atomic E-state index is 0.298. The molecule has 0 aliphatic carbocycles. The predicted octanol–water partition coefficient (Wildman–Crippen LogP) is 3.10. The highest BCUT2D eigenvalue weighted by Crippen LogP contribution is 2.08. The smallest absolute Gasteiger partial charge is 0.136 e. The summed E-state index contributed by atoms with van der Waals surface area (Å²) in [5.41, 5.74) is 2.35. The van der Waals surface area contributed by atoms with Crippen LogP contribution in [0.2, 0.25) is 0 Å². The predicted molar refractivity (Wildman–Crippen MR) is 58.1 cm³/mol. The third-order valence-corrected chi connectivity index (χ3v) is 2.62. The Balaban J connectivity index is 2.64. The van der Waals surface area contributed by atoms with Crippen molar-refractivity contribution in [2.24, 2.45) is 0 Å². The molecule has 1 aromatic carbocycles. The molecular formula is C11H13BrO. The molecule has 2 heteroatoms. The highest BCUT2D eigenvalue weighted by molar-refractivity contribution is 9.08. The Morgan fingerprint density at radius 1 is 1.23 bits per heavy atom. The minimum absolute atomic E-state index is 0.298. The van der Waals surface area contributed by atoms with Gasteiger partial charge in [0, 0.05) is 18.2 Å². The molecule has 0 aromatic heterocycles. The van der Waals surface area contributed by atoms with Crippen LogP contribution in [0.4, 0.5) is 0 Å². The molecule has 0 radical (unpaired) electrons. The van der Waals surface area contributed by atoms with E-state index in [0.717, 1.165) is 10.9 Å². The molecule has 0 saturated carbocycles. The molecule has 1 nitrogen and oxygen atoms in total. The summed E-state index contributed by atoms with van der Waals surface area (Å²) < 4.78 is 0. The summed E-state index contributed by atoms with van der Waals surface area (Å²) in [6, 6.07) is 8.13. The maximum atomic E-state index is 11.1. The lowest BCUT2D eigenvalue weighted by Crippen LogP contribution is -1.99. The fraction of sp³-hybridized carbons (Fsp3) is 0.364. The van der Waals surface area contributed by atoms with E-state index in [1.165, 1.54) is 5.56 Å². The van der Waals surface area contributed by atoms with Crippen LogP contribution in [0.25, 0.3) is 0 Å². The Labute approximate surface area is 87.3 Å². The summed E-state index contributed by atoms with van der Waals surface area (Å²) >= 11 is 3.38. The van der Waals surface area contributed by atoms with E-state index in [9.17, 15) is 4.79 Å². The standard InChI is InChI=1S/C11H13BrO/c1-2-11(13)7-9-3-5-10(8-12)6-4-9/h3-6H,2,7-8H2,1H3. The van der Waals surface area contributed by atoms with Crippen LogP contribution in [0.3, 0.4) is 0 Å². The van der Waals surface area contributed by atoms with Crippen LogP contribution in [-0.4, -0.2) is 5.78 Å². The molecule has 0 bridgehead atoms. The van der Waals surface area contributed by atoms with Crippen LogP contribution in [0.1, 0.15) is 24.5 Å². The van der Waals surface area contributed by atoms with Crippen LogP contribution in [0, 0.1) is 0 Å². The summed E-state index contributed by atoms with van der Waals surface area (Å²) in [6.45, 7) is 1.90. The van der Waals surface area contributed by atoms with E-state index in [2.05, 4.69) is 15.9 Å². The first-order valence-electron chi connectivity index (χ1n) is 4.41. The molecule has 0 atom stereocenters. The Morgan fingerprint density at radius 2 is 1.77 bits per heavy atom. The van der Waals surface area contributed by atoms with Crippen LogP contribution in [0.15, 0.2) is 24.3 Å². The monoisotopic (exact) mass is 240 g/mol. The molecule has 0 N–H and O–H groups in total. The molecule has 0 amide bonds. The lowest BCUT2D eigenvalue weighted by molar-refractivity contribution is -0.118. The van der Waals surface area contributed by atoms with Crippen molar-refractivity contribution >= 4 is 21.7 Å². The SMILES string of the molecule is CCC(=O)Cc1ccc(CBr)cc1. The highest BCUT2D eigenvalue weighted by atomic mass is 79.9. The number of benzene rings is 1. The van der Waals surface area contributed by atoms with Crippen LogP contribution in [0.5, 0.6) is 0 Å². The molecule has 0 unspecified atom stereocenters. The number of halogens is 1. The van der Waals surface area contributed by atoms with Gasteiger partial charge in [-0.05, 0) is 11.1 Å². The maximum absolute atomic E-state index is 11.1. The number of hydrogen-bond acceptors (Lipinski definition) is 1. The van der Waals surface area contributed by atoms with Crippen molar-refractivity contribution in [2.75, 3.05) is 0 Å². The number of ketones is 1. The average molecular weight is 241 g/mol. The van der Waals surface area contributed by atoms with Crippen molar-refractivity contribution in [1.29, 1.82) is 0 Å². The number of carbonyl (C=O) groups is 1. The zero-order valence-corrected chi connectivity index (χ0v) is 9.30. The van der Waals surface area contributed by atoms with Gasteiger partial charge in [0.1, 0.15) is 5.78 Å². The van der Waals surface area contributed by atoms with E-state index in [4.69, 9.17) is 0 Å². The second kappa shape index (κ2) is 5.18. The maximum Gasteiger partial charge on any atom is 0.136 e. The molecule has 1 aromatic rings. The van der Waals surface area contributed by atoms with Gasteiger partial charge in [-0.3, -0.25) is 4.79 Å². The van der Waals surface area contributed by atoms with Gasteiger partial charge in [0.2, 0.25) is 0 Å². The highest BCUT2D eigenvalue weighted by Gasteiger charge is 2.00. The Morgan fingerprint density at radius 3 is 2.23 bits per heavy atom. The van der Waals surface area contributed by atoms with Crippen molar-refractivity contribution in [3.05, 3.63) is 35.4 Å². The number of Topliss-reactive ketones (excluding diaryl/α,β-unsaturated/α-hetero) is 1. The average Bonchev–Trinajstić information content (AvgIpc) is 2.19. The minimum Gasteiger partial charge on any atom is -0.299 e. The summed E-state index contributed by atoms with van der Waals surface area (Å²) in [5.74, 6) is 0.298. The topological polar surface area (TPSA) is 17.1 Å². The van der Waals surface area contributed by atoms with E-state index >= 15 is 0 Å². The van der Waals surface area contributed by atoms with Gasteiger partial charge in [-0.25, -0.2) is 0 Å². The second-order valence-electron chi connectivity index (χ2n) is 3.02. The van der Waals surface area contributed by atoms with E-state index in [-0.39, 0.29) is 0 Å². The Bertz CT molecular complexity index is 277. The van der Waals surface area contributed by atoms with E-state index < -0.39 is 0 Å². The Hall–Kier alpha value is -0.630. The van der Waals surface area contributed by atoms with Gasteiger partial charge in [-0.1, -0.05) is 47.1 Å². The number of hydrogen-bond donors (Lipinski definition) is 0. The second-order valence-corrected chi connectivity index (χ2v) is 3.58. The zero-order chi connectivity index (χ0) is 9.68. The molecule has 0 heterocycles. The first-order valence-corrected chi connectivity index (χ1v) is 5.54. The summed E-state index contributed by atoms with van der Waals surface area (Å²) in [4.78, 5) is 11.1. The van der Waals surface area contributed by atoms with Gasteiger partial charge in [-0.15, -0.1) is 0 Å². The third kappa shape index (κ3) is 3.31. The largest absolute Gasteiger partial charge is 0.299 e. The summed E-state index contributed by atoms with van der Waals surface area (Å²) in [7, 11) is 0. The fourth-order valence-electron chi connectivity index (χ4n) is 1.10. The van der Waals surface area contributed by atoms with Crippen molar-refractivity contribution in [3.8, 4) is 0 Å². The number of alkyl halides is 1. The van der Waals surface area contributed by atoms with Crippen LogP contribution < -0.4 is 0 Å². The van der Waals surface area contributed by atoms with Gasteiger partial charge < -0.3 is 0 Å². The van der Waals surface area contributed by atoms with Crippen molar-refractivity contribution in [2.45, 2.75) is 25.1 Å². The van der Waals surface area contributed by atoms with E-state index in [0.29, 0.717) is 18.6 Å². The molecule has 13 heavy (non-hydrogen) atoms. The van der Waals surface area contributed by atoms with Crippen LogP contribution >= 0.6 is 15.9 Å². The molecule has 0 fully saturated rings. The molecule has 1 rings (SSSR count). The zero-order valence-electron chi connectivity index (χ0n) is 7.72. The quantitative estimate of drug-likeness (QED) is 0.740. The van der Waals surface area contributed by atoms with Gasteiger partial charge in [0.05, 0.1) is 0 Å². The van der Waals surface area contributed by atoms with Gasteiger partial charge in [0.15, 0.2) is 0 Å². The van der Waals surface area contributed by atoms with E-state index in [1.54, 1.807) is 0 Å². The van der Waals surface area contributed by atoms with Crippen molar-refractivity contribution in [3.63, 3.8) is 0 Å². The van der Waals surface area contributed by atoms with Gasteiger partial charge >= 0.3 is 0 Å². The summed E-state index contributed by atoms with van der Waals surface area (Å²) in [6.07, 6.45) is 1.19. The number of rotatable bonds is 4. The third-order valence-electron chi connectivity index (χ3n) is 1.97. The molecule has 0 aliphatic rings. The molecular weight excluding hydrogens is 228 g/mol. The number of carbonyl (C=O) groups excluding carboxylic acids is 1. The first-order chi connectivity index (χ1) is 6.26. The Kier molecular flexibility index (Phi) is 4.16. The van der Waals surface area contributed by atoms with Crippen LogP contribution in [-0.2, 0) is 16.5 Å². The van der Waals surface area contributed by atoms with Crippen molar-refractivity contribution < 1.29 is 4.79 Å². The normalized spacial score (nSPS) is 10.0. The molecule has 0 spiro atoms. The first kappa shape index (κ1) is 10.5. The lowest BCUT2D eigenvalue weighted by Gasteiger charge is -2.00. The van der Waals surface area contributed by atoms with Gasteiger partial charge in [0.25, 0.3) is 0 Å². The van der Waals surface area contributed by atoms with E-state index in [1.807, 2.05) is 31.2 Å². The van der Waals surface area contributed by atoms with Gasteiger partial charge in [-0.2, -0.15) is 0 Å².